The molecule has 4 nitrogen and oxygen atoms in total. The topological polar surface area (TPSA) is 40.6 Å². The Kier molecular flexibility index (Phi) is 6.34. The number of halogens is 1. The van der Waals surface area contributed by atoms with Gasteiger partial charge in [0.25, 0.3) is 0 Å². The Labute approximate surface area is 149 Å². The number of carbonyl (C=O) groups is 2. The van der Waals surface area contributed by atoms with Gasteiger partial charge in [-0.1, -0.05) is 12.1 Å². The van der Waals surface area contributed by atoms with E-state index in [9.17, 15) is 14.0 Å². The molecule has 0 saturated carbocycles. The van der Waals surface area contributed by atoms with Crippen LogP contribution < -0.4 is 0 Å². The average molecular weight is 346 g/mol. The summed E-state index contributed by atoms with van der Waals surface area (Å²) in [6, 6.07) is 6.30. The summed E-state index contributed by atoms with van der Waals surface area (Å²) in [4.78, 5) is 28.4. The van der Waals surface area contributed by atoms with Crippen LogP contribution in [0.1, 0.15) is 39.2 Å². The quantitative estimate of drug-likeness (QED) is 0.785. The second-order valence-corrected chi connectivity index (χ2v) is 6.98. The van der Waals surface area contributed by atoms with E-state index in [0.717, 1.165) is 11.1 Å². The number of amides is 2. The summed E-state index contributed by atoms with van der Waals surface area (Å²) in [5.74, 6) is -0.176. The van der Waals surface area contributed by atoms with Crippen molar-refractivity contribution in [3.05, 3.63) is 41.7 Å². The smallest absolute Gasteiger partial charge is 0.246 e. The number of hydrogen-bond acceptors (Lipinski definition) is 2. The zero-order valence-corrected chi connectivity index (χ0v) is 15.5. The van der Waals surface area contributed by atoms with E-state index in [1.165, 1.54) is 12.1 Å². The summed E-state index contributed by atoms with van der Waals surface area (Å²) in [7, 11) is 1.83. The molecule has 1 aromatic rings. The zero-order valence-electron chi connectivity index (χ0n) is 15.5. The lowest BCUT2D eigenvalue weighted by molar-refractivity contribution is -0.139. The first-order chi connectivity index (χ1) is 11.8. The summed E-state index contributed by atoms with van der Waals surface area (Å²) in [5, 5.41) is 0. The van der Waals surface area contributed by atoms with Gasteiger partial charge in [0.15, 0.2) is 0 Å². The van der Waals surface area contributed by atoms with Crippen molar-refractivity contribution in [2.24, 2.45) is 5.92 Å². The number of likely N-dealkylation sites (tertiary alicyclic amines) is 1. The molecule has 0 aliphatic carbocycles. The van der Waals surface area contributed by atoms with Crippen LogP contribution in [0.25, 0.3) is 5.57 Å². The van der Waals surface area contributed by atoms with Gasteiger partial charge in [-0.05, 0) is 56.9 Å². The number of benzene rings is 1. The van der Waals surface area contributed by atoms with E-state index < -0.39 is 0 Å². The Morgan fingerprint density at radius 1 is 1.20 bits per heavy atom. The van der Waals surface area contributed by atoms with Crippen molar-refractivity contribution in [1.82, 2.24) is 9.80 Å². The molecule has 0 aromatic heterocycles. The van der Waals surface area contributed by atoms with Crippen LogP contribution in [0.2, 0.25) is 0 Å². The van der Waals surface area contributed by atoms with Gasteiger partial charge in [-0.25, -0.2) is 4.39 Å². The Balaban J connectivity index is 1.94. The van der Waals surface area contributed by atoms with Crippen molar-refractivity contribution in [3.63, 3.8) is 0 Å². The molecule has 0 radical (unpaired) electrons. The van der Waals surface area contributed by atoms with Crippen molar-refractivity contribution < 1.29 is 14.0 Å². The maximum atomic E-state index is 13.0. The maximum absolute atomic E-state index is 13.0. The lowest BCUT2D eigenvalue weighted by Gasteiger charge is -2.34. The van der Waals surface area contributed by atoms with Crippen LogP contribution in [0.3, 0.4) is 0 Å². The van der Waals surface area contributed by atoms with Crippen LogP contribution in [0.15, 0.2) is 30.3 Å². The molecule has 0 unspecified atom stereocenters. The molecule has 0 N–H and O–H groups in total. The monoisotopic (exact) mass is 346 g/mol. The van der Waals surface area contributed by atoms with Crippen LogP contribution in [-0.4, -0.2) is 47.8 Å². The van der Waals surface area contributed by atoms with Gasteiger partial charge in [-0.3, -0.25) is 9.59 Å². The minimum absolute atomic E-state index is 0.00127. The third-order valence-corrected chi connectivity index (χ3v) is 4.92. The maximum Gasteiger partial charge on any atom is 0.246 e. The van der Waals surface area contributed by atoms with Crippen molar-refractivity contribution in [3.8, 4) is 0 Å². The van der Waals surface area contributed by atoms with Gasteiger partial charge in [0.05, 0.1) is 0 Å². The van der Waals surface area contributed by atoms with Crippen LogP contribution in [0.5, 0.6) is 0 Å². The second kappa shape index (κ2) is 8.28. The molecule has 1 aliphatic rings. The summed E-state index contributed by atoms with van der Waals surface area (Å²) in [5.41, 5.74) is 1.64. The molecule has 0 bridgehead atoms. The van der Waals surface area contributed by atoms with Gasteiger partial charge < -0.3 is 9.80 Å². The van der Waals surface area contributed by atoms with Gasteiger partial charge in [-0.2, -0.15) is 0 Å². The largest absolute Gasteiger partial charge is 0.343 e. The number of hydrogen-bond donors (Lipinski definition) is 0. The van der Waals surface area contributed by atoms with Gasteiger partial charge in [0.2, 0.25) is 11.8 Å². The van der Waals surface area contributed by atoms with E-state index >= 15 is 0 Å². The van der Waals surface area contributed by atoms with E-state index in [4.69, 9.17) is 0 Å². The lowest BCUT2D eigenvalue weighted by atomic mass is 9.94. The number of allylic oxidation sites excluding steroid dienone is 1. The van der Waals surface area contributed by atoms with Gasteiger partial charge >= 0.3 is 0 Å². The van der Waals surface area contributed by atoms with Crippen LogP contribution in [0, 0.1) is 11.7 Å². The molecule has 0 spiro atoms. The number of rotatable bonds is 4. The first kappa shape index (κ1) is 19.2. The molecule has 25 heavy (non-hydrogen) atoms. The van der Waals surface area contributed by atoms with Crippen molar-refractivity contribution in [2.75, 3.05) is 20.1 Å². The SMILES string of the molecule is CC(=CC(=O)N1CCC(C(=O)N(C)C(C)C)CC1)c1ccc(F)cc1. The standard InChI is InChI=1S/C20H27FN2O2/c1-14(2)22(4)20(25)17-9-11-23(12-10-17)19(24)13-15(3)16-5-7-18(21)8-6-16/h5-8,13-14,17H,9-12H2,1-4H3. The second-order valence-electron chi connectivity index (χ2n) is 6.98. The predicted octanol–water partition coefficient (Wildman–Crippen LogP) is 3.33. The summed E-state index contributed by atoms with van der Waals surface area (Å²) in [6.07, 6.45) is 2.99. The molecular formula is C20H27FN2O2. The lowest BCUT2D eigenvalue weighted by Crippen LogP contribution is -2.44. The van der Waals surface area contributed by atoms with E-state index in [1.54, 1.807) is 28.0 Å². The minimum Gasteiger partial charge on any atom is -0.343 e. The van der Waals surface area contributed by atoms with Gasteiger partial charge in [-0.15, -0.1) is 0 Å². The van der Waals surface area contributed by atoms with Crippen molar-refractivity contribution in [2.45, 2.75) is 39.7 Å². The Hall–Kier alpha value is -2.17. The normalized spacial score (nSPS) is 16.2. The number of nitrogens with zero attached hydrogens (tertiary/aromatic N) is 2. The summed E-state index contributed by atoms with van der Waals surface area (Å²) < 4.78 is 13.0. The molecule has 1 fully saturated rings. The fourth-order valence-corrected chi connectivity index (χ4v) is 2.96. The summed E-state index contributed by atoms with van der Waals surface area (Å²) in [6.45, 7) is 7.03. The van der Waals surface area contributed by atoms with E-state index in [-0.39, 0.29) is 29.6 Å². The van der Waals surface area contributed by atoms with Crippen LogP contribution >= 0.6 is 0 Å². The molecule has 5 heteroatoms. The summed E-state index contributed by atoms with van der Waals surface area (Å²) >= 11 is 0. The highest BCUT2D eigenvalue weighted by atomic mass is 19.1. The minimum atomic E-state index is -0.291. The first-order valence-corrected chi connectivity index (χ1v) is 8.79. The molecule has 1 aromatic carbocycles. The third-order valence-electron chi connectivity index (χ3n) is 4.92. The zero-order chi connectivity index (χ0) is 18.6. The molecule has 2 amide bonds. The van der Waals surface area contributed by atoms with E-state index in [1.807, 2.05) is 27.8 Å². The highest BCUT2D eigenvalue weighted by Crippen LogP contribution is 2.21. The fraction of sp³-hybridized carbons (Fsp3) is 0.500. The van der Waals surface area contributed by atoms with Gasteiger partial charge in [0.1, 0.15) is 5.82 Å². The van der Waals surface area contributed by atoms with E-state index in [0.29, 0.717) is 25.9 Å². The fourth-order valence-electron chi connectivity index (χ4n) is 2.96. The molecule has 1 heterocycles. The predicted molar refractivity (Wildman–Crippen MR) is 97.3 cm³/mol. The van der Waals surface area contributed by atoms with Crippen molar-refractivity contribution in [1.29, 1.82) is 0 Å². The van der Waals surface area contributed by atoms with Crippen LogP contribution in [0.4, 0.5) is 4.39 Å². The Morgan fingerprint density at radius 3 is 2.28 bits per heavy atom. The number of piperidine rings is 1. The van der Waals surface area contributed by atoms with E-state index in [2.05, 4.69) is 0 Å². The molecule has 0 atom stereocenters. The molecular weight excluding hydrogens is 319 g/mol. The Bertz CT molecular complexity index is 644. The highest BCUT2D eigenvalue weighted by molar-refractivity contribution is 5.95. The highest BCUT2D eigenvalue weighted by Gasteiger charge is 2.29. The molecule has 1 saturated heterocycles. The first-order valence-electron chi connectivity index (χ1n) is 8.79. The number of carbonyl (C=O) groups excluding carboxylic acids is 2. The molecule has 2 rings (SSSR count). The van der Waals surface area contributed by atoms with Gasteiger partial charge in [0, 0.05) is 38.2 Å². The van der Waals surface area contributed by atoms with Crippen molar-refractivity contribution >= 4 is 17.4 Å². The third kappa shape index (κ3) is 4.91. The molecule has 1 aliphatic heterocycles. The van der Waals surface area contributed by atoms with Crippen LogP contribution in [-0.2, 0) is 9.59 Å². The molecule has 136 valence electrons. The average Bonchev–Trinajstić information content (AvgIpc) is 2.60. The Morgan fingerprint density at radius 2 is 1.76 bits per heavy atom.